The largest absolute Gasteiger partial charge is 0.465 e. The summed E-state index contributed by atoms with van der Waals surface area (Å²) in [7, 11) is -6.67. The number of hydrogen-bond donors (Lipinski definition) is 1. The maximum absolute atomic E-state index is 12.6. The van der Waals surface area contributed by atoms with Crippen molar-refractivity contribution in [2.45, 2.75) is 16.7 Å². The molecule has 0 radical (unpaired) electrons. The average molecular weight is 414 g/mol. The number of hydrogen-bond acceptors (Lipinski definition) is 8. The van der Waals surface area contributed by atoms with Crippen LogP contribution < -0.4 is 4.72 Å². The third-order valence-corrected chi connectivity index (χ3v) is 7.55. The molecule has 138 valence electrons. The van der Waals surface area contributed by atoms with E-state index in [1.54, 1.807) is 13.0 Å². The number of sulfone groups is 1. The summed E-state index contributed by atoms with van der Waals surface area (Å²) in [6.45, 7) is 1.55. The summed E-state index contributed by atoms with van der Waals surface area (Å²) in [6, 6.07) is 6.50. The van der Waals surface area contributed by atoms with E-state index < -0.39 is 31.6 Å². The highest BCUT2D eigenvalue weighted by Gasteiger charge is 2.27. The van der Waals surface area contributed by atoms with Crippen LogP contribution in [-0.2, 0) is 24.6 Å². The fourth-order valence-electron chi connectivity index (χ4n) is 2.11. The predicted molar refractivity (Wildman–Crippen MR) is 95.3 cm³/mol. The van der Waals surface area contributed by atoms with Gasteiger partial charge in [0.2, 0.25) is 0 Å². The van der Waals surface area contributed by atoms with Crippen molar-refractivity contribution in [1.29, 1.82) is 5.26 Å². The third-order valence-electron chi connectivity index (χ3n) is 3.28. The van der Waals surface area contributed by atoms with Crippen molar-refractivity contribution in [3.05, 3.63) is 40.1 Å². The zero-order valence-corrected chi connectivity index (χ0v) is 16.2. The van der Waals surface area contributed by atoms with Crippen LogP contribution in [0.2, 0.25) is 0 Å². The Labute approximate surface area is 155 Å². The smallest absolute Gasteiger partial charge is 0.349 e. The van der Waals surface area contributed by atoms with E-state index in [4.69, 9.17) is 5.26 Å². The zero-order chi connectivity index (χ0) is 19.5. The van der Waals surface area contributed by atoms with Gasteiger partial charge in [-0.15, -0.1) is 11.3 Å². The van der Waals surface area contributed by atoms with Crippen molar-refractivity contribution in [1.82, 2.24) is 0 Å². The Hall–Kier alpha value is -2.42. The Kier molecular flexibility index (Phi) is 5.70. The molecule has 0 atom stereocenters. The SMILES string of the molecule is COC(=O)c1scc(C)c1S(=O)(=O)Nc1ccc(S(=O)(=O)CC#N)cc1. The summed E-state index contributed by atoms with van der Waals surface area (Å²) >= 11 is 0.954. The second kappa shape index (κ2) is 7.45. The molecule has 1 N–H and O–H groups in total. The molecular weight excluding hydrogens is 400 g/mol. The van der Waals surface area contributed by atoms with Crippen LogP contribution in [0.15, 0.2) is 39.4 Å². The summed E-state index contributed by atoms with van der Waals surface area (Å²) in [5.41, 5.74) is 0.499. The van der Waals surface area contributed by atoms with Crippen molar-refractivity contribution in [3.63, 3.8) is 0 Å². The van der Waals surface area contributed by atoms with E-state index in [0.29, 0.717) is 5.56 Å². The minimum atomic E-state index is -4.09. The lowest BCUT2D eigenvalue weighted by atomic mass is 10.3. The van der Waals surface area contributed by atoms with Crippen molar-refractivity contribution in [2.75, 3.05) is 17.6 Å². The van der Waals surface area contributed by atoms with Gasteiger partial charge in [0, 0.05) is 5.69 Å². The number of aryl methyl sites for hydroxylation is 1. The maximum Gasteiger partial charge on any atom is 0.349 e. The number of sulfonamides is 1. The van der Waals surface area contributed by atoms with E-state index in [2.05, 4.69) is 9.46 Å². The van der Waals surface area contributed by atoms with Gasteiger partial charge < -0.3 is 4.74 Å². The molecule has 1 heterocycles. The van der Waals surface area contributed by atoms with Crippen molar-refractivity contribution < 1.29 is 26.4 Å². The van der Waals surface area contributed by atoms with Crippen LogP contribution in [0.5, 0.6) is 0 Å². The summed E-state index contributed by atoms with van der Waals surface area (Å²) in [5, 5.41) is 10.1. The molecule has 0 unspecified atom stereocenters. The Morgan fingerprint density at radius 3 is 2.38 bits per heavy atom. The number of anilines is 1. The van der Waals surface area contributed by atoms with E-state index in [0.717, 1.165) is 18.4 Å². The van der Waals surface area contributed by atoms with Gasteiger partial charge in [-0.2, -0.15) is 5.26 Å². The Bertz CT molecular complexity index is 1080. The van der Waals surface area contributed by atoms with Gasteiger partial charge in [-0.25, -0.2) is 21.6 Å². The van der Waals surface area contributed by atoms with Gasteiger partial charge in [0.15, 0.2) is 9.84 Å². The van der Waals surface area contributed by atoms with Crippen LogP contribution in [0.1, 0.15) is 15.2 Å². The fourth-order valence-corrected chi connectivity index (χ4v) is 5.76. The highest BCUT2D eigenvalue weighted by Crippen LogP contribution is 2.29. The van der Waals surface area contributed by atoms with E-state index in [1.165, 1.54) is 29.6 Å². The number of rotatable bonds is 6. The number of nitriles is 1. The van der Waals surface area contributed by atoms with Crippen LogP contribution in [0.25, 0.3) is 0 Å². The lowest BCUT2D eigenvalue weighted by Gasteiger charge is -2.10. The Balaban J connectivity index is 2.36. The number of nitrogens with zero attached hydrogens (tertiary/aromatic N) is 1. The number of ether oxygens (including phenoxy) is 1. The number of benzene rings is 1. The standard InChI is InChI=1S/C15H14N2O6S3/c1-10-9-24-13(15(18)23-2)14(10)26(21,22)17-11-3-5-12(6-4-11)25(19,20)8-7-16/h3-6,9,17H,8H2,1-2H3. The van der Waals surface area contributed by atoms with Crippen LogP contribution in [0.3, 0.4) is 0 Å². The molecule has 0 amide bonds. The second-order valence-electron chi connectivity index (χ2n) is 5.12. The highest BCUT2D eigenvalue weighted by atomic mass is 32.2. The first-order chi connectivity index (χ1) is 12.1. The normalized spacial score (nSPS) is 11.6. The van der Waals surface area contributed by atoms with Gasteiger partial charge in [-0.1, -0.05) is 0 Å². The predicted octanol–water partition coefficient (Wildman–Crippen LogP) is 1.94. The summed E-state index contributed by atoms with van der Waals surface area (Å²) in [6.07, 6.45) is 0. The first-order valence-corrected chi connectivity index (χ1v) is 11.0. The molecule has 0 spiro atoms. The number of esters is 1. The van der Waals surface area contributed by atoms with E-state index in [-0.39, 0.29) is 20.4 Å². The quantitative estimate of drug-likeness (QED) is 0.715. The molecule has 26 heavy (non-hydrogen) atoms. The molecular formula is C15H14N2O6S3. The van der Waals surface area contributed by atoms with Crippen molar-refractivity contribution >= 4 is 42.9 Å². The molecule has 0 aliphatic heterocycles. The highest BCUT2D eigenvalue weighted by molar-refractivity contribution is 7.93. The topological polar surface area (TPSA) is 130 Å². The molecule has 0 bridgehead atoms. The third kappa shape index (κ3) is 4.04. The first kappa shape index (κ1) is 19.9. The lowest BCUT2D eigenvalue weighted by Crippen LogP contribution is -2.17. The molecule has 0 saturated heterocycles. The van der Waals surface area contributed by atoms with Crippen LogP contribution in [0, 0.1) is 18.3 Å². The van der Waals surface area contributed by atoms with Gasteiger partial charge in [0.05, 0.1) is 18.1 Å². The van der Waals surface area contributed by atoms with E-state index in [9.17, 15) is 21.6 Å². The van der Waals surface area contributed by atoms with Gasteiger partial charge in [0.25, 0.3) is 10.0 Å². The second-order valence-corrected chi connectivity index (χ2v) is 9.60. The fraction of sp³-hybridized carbons (Fsp3) is 0.200. The van der Waals surface area contributed by atoms with Gasteiger partial charge in [0.1, 0.15) is 15.5 Å². The number of nitrogens with one attached hydrogen (secondary N) is 1. The monoisotopic (exact) mass is 414 g/mol. The molecule has 0 aliphatic rings. The Morgan fingerprint density at radius 2 is 1.85 bits per heavy atom. The minimum absolute atomic E-state index is 0.0503. The van der Waals surface area contributed by atoms with E-state index >= 15 is 0 Å². The Morgan fingerprint density at radius 1 is 1.23 bits per heavy atom. The van der Waals surface area contributed by atoms with Crippen LogP contribution in [-0.4, -0.2) is 35.7 Å². The molecule has 2 aromatic rings. The number of thiophene rings is 1. The minimum Gasteiger partial charge on any atom is -0.465 e. The molecule has 0 saturated carbocycles. The van der Waals surface area contributed by atoms with E-state index in [1.807, 2.05) is 0 Å². The average Bonchev–Trinajstić information content (AvgIpc) is 2.97. The molecule has 1 aromatic carbocycles. The van der Waals surface area contributed by atoms with Crippen LogP contribution in [0.4, 0.5) is 5.69 Å². The molecule has 1 aromatic heterocycles. The summed E-state index contributed by atoms with van der Waals surface area (Å²) in [5.74, 6) is -1.43. The van der Waals surface area contributed by atoms with Gasteiger partial charge in [-0.3, -0.25) is 4.72 Å². The van der Waals surface area contributed by atoms with Gasteiger partial charge in [-0.05, 0) is 42.1 Å². The lowest BCUT2D eigenvalue weighted by molar-refractivity contribution is 0.0602. The van der Waals surface area contributed by atoms with Crippen molar-refractivity contribution in [3.8, 4) is 6.07 Å². The molecule has 0 aliphatic carbocycles. The molecule has 8 nitrogen and oxygen atoms in total. The van der Waals surface area contributed by atoms with Crippen molar-refractivity contribution in [2.24, 2.45) is 0 Å². The molecule has 11 heteroatoms. The maximum atomic E-state index is 12.6. The number of carbonyl (C=O) groups excluding carboxylic acids is 1. The summed E-state index contributed by atoms with van der Waals surface area (Å²) < 4.78 is 55.8. The number of methoxy groups -OCH3 is 1. The summed E-state index contributed by atoms with van der Waals surface area (Å²) in [4.78, 5) is 11.4. The number of carbonyl (C=O) groups is 1. The first-order valence-electron chi connectivity index (χ1n) is 7.01. The molecule has 2 rings (SSSR count). The van der Waals surface area contributed by atoms with Crippen LogP contribution >= 0.6 is 11.3 Å². The molecule has 0 fully saturated rings. The zero-order valence-electron chi connectivity index (χ0n) is 13.7. The van der Waals surface area contributed by atoms with Gasteiger partial charge >= 0.3 is 5.97 Å².